The first-order chi connectivity index (χ1) is 8.08. The lowest BCUT2D eigenvalue weighted by molar-refractivity contribution is 0.0695. The fraction of sp³-hybridized carbons (Fsp3) is 0.500. The summed E-state index contributed by atoms with van der Waals surface area (Å²) in [6, 6.07) is 2.64. The fourth-order valence-corrected chi connectivity index (χ4v) is 2.16. The number of alkyl halides is 1. The Balaban J connectivity index is 2.08. The third-order valence-electron chi connectivity index (χ3n) is 3.10. The van der Waals surface area contributed by atoms with Crippen LogP contribution in [0.4, 0.5) is 4.39 Å². The molecule has 0 spiro atoms. The molecule has 0 aliphatic carbocycles. The molecule has 92 valence electrons. The van der Waals surface area contributed by atoms with Gasteiger partial charge in [-0.2, -0.15) is 0 Å². The van der Waals surface area contributed by atoms with E-state index in [1.807, 2.05) is 0 Å². The van der Waals surface area contributed by atoms with Gasteiger partial charge in [-0.15, -0.1) is 11.6 Å². The van der Waals surface area contributed by atoms with Gasteiger partial charge in [-0.05, 0) is 24.5 Å². The second-order valence-electron chi connectivity index (χ2n) is 4.39. The molecule has 2 unspecified atom stereocenters. The van der Waals surface area contributed by atoms with Gasteiger partial charge in [0.05, 0.1) is 11.6 Å². The molecule has 2 rings (SSSR count). The minimum atomic E-state index is -0.441. The average molecular weight is 257 g/mol. The van der Waals surface area contributed by atoms with Crippen molar-refractivity contribution in [1.29, 1.82) is 0 Å². The van der Waals surface area contributed by atoms with E-state index in [0.717, 1.165) is 12.6 Å². The Morgan fingerprint density at radius 2 is 2.35 bits per heavy atom. The summed E-state index contributed by atoms with van der Waals surface area (Å²) in [6.07, 6.45) is 1.94. The van der Waals surface area contributed by atoms with E-state index in [2.05, 4.69) is 11.9 Å². The van der Waals surface area contributed by atoms with Crippen molar-refractivity contribution in [3.8, 4) is 0 Å². The summed E-state index contributed by atoms with van der Waals surface area (Å²) in [6.45, 7) is 3.29. The monoisotopic (exact) mass is 256 g/mol. The zero-order chi connectivity index (χ0) is 12.4. The normalized spacial score (nSPS) is 24.8. The molecule has 1 aliphatic rings. The minimum absolute atomic E-state index is 0.0202. The fourth-order valence-electron chi connectivity index (χ4n) is 1.87. The summed E-state index contributed by atoms with van der Waals surface area (Å²) in [5, 5.41) is -0.0202. The number of aromatic nitrogens is 1. The number of amides is 1. The van der Waals surface area contributed by atoms with E-state index >= 15 is 0 Å². The number of pyridine rings is 1. The number of hydrogen-bond acceptors (Lipinski definition) is 2. The zero-order valence-electron chi connectivity index (χ0n) is 9.57. The second-order valence-corrected chi connectivity index (χ2v) is 4.96. The summed E-state index contributed by atoms with van der Waals surface area (Å²) < 4.78 is 12.7. The van der Waals surface area contributed by atoms with Crippen LogP contribution < -0.4 is 0 Å². The number of likely N-dealkylation sites (tertiary alicyclic amines) is 1. The van der Waals surface area contributed by atoms with Crippen LogP contribution in [-0.2, 0) is 0 Å². The largest absolute Gasteiger partial charge is 0.336 e. The van der Waals surface area contributed by atoms with E-state index in [0.29, 0.717) is 19.0 Å². The van der Waals surface area contributed by atoms with Crippen LogP contribution in [-0.4, -0.2) is 34.3 Å². The van der Waals surface area contributed by atoms with Crippen LogP contribution in [0, 0.1) is 11.7 Å². The average Bonchev–Trinajstić information content (AvgIpc) is 2.33. The predicted octanol–water partition coefficient (Wildman–Crippen LogP) is 2.31. The highest BCUT2D eigenvalue weighted by Gasteiger charge is 2.28. The van der Waals surface area contributed by atoms with Gasteiger partial charge in [0.25, 0.3) is 5.91 Å². The van der Waals surface area contributed by atoms with Gasteiger partial charge in [-0.1, -0.05) is 6.92 Å². The highest BCUT2D eigenvalue weighted by Crippen LogP contribution is 2.22. The van der Waals surface area contributed by atoms with E-state index in [1.165, 1.54) is 12.1 Å². The van der Waals surface area contributed by atoms with E-state index < -0.39 is 5.82 Å². The first-order valence-electron chi connectivity index (χ1n) is 5.63. The number of rotatable bonds is 1. The van der Waals surface area contributed by atoms with Crippen molar-refractivity contribution in [2.24, 2.45) is 5.92 Å². The minimum Gasteiger partial charge on any atom is -0.336 e. The van der Waals surface area contributed by atoms with Crippen molar-refractivity contribution < 1.29 is 9.18 Å². The number of carbonyl (C=O) groups excluding carboxylic acids is 1. The summed E-state index contributed by atoms with van der Waals surface area (Å²) in [7, 11) is 0. The summed E-state index contributed by atoms with van der Waals surface area (Å²) in [5.41, 5.74) is 0.268. The maximum Gasteiger partial charge on any atom is 0.272 e. The molecule has 2 heterocycles. The van der Waals surface area contributed by atoms with Crippen LogP contribution in [0.15, 0.2) is 18.3 Å². The highest BCUT2D eigenvalue weighted by atomic mass is 35.5. The van der Waals surface area contributed by atoms with E-state index in [4.69, 9.17) is 11.6 Å². The quantitative estimate of drug-likeness (QED) is 0.723. The molecule has 1 aliphatic heterocycles. The molecule has 0 bridgehead atoms. The van der Waals surface area contributed by atoms with Crippen LogP contribution >= 0.6 is 11.6 Å². The van der Waals surface area contributed by atoms with Gasteiger partial charge < -0.3 is 4.90 Å². The molecule has 1 aromatic rings. The van der Waals surface area contributed by atoms with Gasteiger partial charge in [-0.3, -0.25) is 4.79 Å². The molecule has 1 amide bonds. The molecule has 2 atom stereocenters. The van der Waals surface area contributed by atoms with Crippen molar-refractivity contribution in [2.75, 3.05) is 13.1 Å². The predicted molar refractivity (Wildman–Crippen MR) is 63.5 cm³/mol. The number of carbonyl (C=O) groups is 1. The number of nitrogens with zero attached hydrogens (tertiary/aromatic N) is 2. The lowest BCUT2D eigenvalue weighted by Gasteiger charge is -2.33. The number of piperidine rings is 1. The van der Waals surface area contributed by atoms with Crippen LogP contribution in [0.25, 0.3) is 0 Å². The van der Waals surface area contributed by atoms with Gasteiger partial charge >= 0.3 is 0 Å². The molecule has 1 fully saturated rings. The standard InChI is InChI=1S/C12H14ClFN2O/c1-8-4-5-16(7-10(8)13)12(17)11-3-2-9(14)6-15-11/h2-3,6,8,10H,4-5,7H2,1H3. The summed E-state index contributed by atoms with van der Waals surface area (Å²) >= 11 is 6.14. The van der Waals surface area contributed by atoms with Crippen LogP contribution in [0.5, 0.6) is 0 Å². The van der Waals surface area contributed by atoms with E-state index in [1.54, 1.807) is 4.90 Å². The maximum atomic E-state index is 12.7. The van der Waals surface area contributed by atoms with Crippen molar-refractivity contribution in [3.63, 3.8) is 0 Å². The SMILES string of the molecule is CC1CCN(C(=O)c2ccc(F)cn2)CC1Cl. The van der Waals surface area contributed by atoms with Gasteiger partial charge in [0.2, 0.25) is 0 Å². The molecule has 0 saturated carbocycles. The molecular weight excluding hydrogens is 243 g/mol. The number of halogens is 2. The lowest BCUT2D eigenvalue weighted by atomic mass is 9.98. The van der Waals surface area contributed by atoms with Gasteiger partial charge in [0.15, 0.2) is 0 Å². The van der Waals surface area contributed by atoms with Crippen molar-refractivity contribution in [1.82, 2.24) is 9.88 Å². The molecule has 1 aromatic heterocycles. The molecule has 0 radical (unpaired) electrons. The number of hydrogen-bond donors (Lipinski definition) is 0. The zero-order valence-corrected chi connectivity index (χ0v) is 10.3. The topological polar surface area (TPSA) is 33.2 Å². The van der Waals surface area contributed by atoms with Crippen molar-refractivity contribution in [3.05, 3.63) is 29.8 Å². The Labute approximate surface area is 105 Å². The van der Waals surface area contributed by atoms with Crippen molar-refractivity contribution in [2.45, 2.75) is 18.7 Å². The maximum absolute atomic E-state index is 12.7. The van der Waals surface area contributed by atoms with Crippen LogP contribution in [0.1, 0.15) is 23.8 Å². The molecule has 0 N–H and O–H groups in total. The third-order valence-corrected chi connectivity index (χ3v) is 3.67. The first-order valence-corrected chi connectivity index (χ1v) is 6.06. The Hall–Kier alpha value is -1.16. The smallest absolute Gasteiger partial charge is 0.272 e. The summed E-state index contributed by atoms with van der Waals surface area (Å²) in [5.74, 6) is -0.200. The van der Waals surface area contributed by atoms with E-state index in [9.17, 15) is 9.18 Å². The molecule has 5 heteroatoms. The third kappa shape index (κ3) is 2.75. The summed E-state index contributed by atoms with van der Waals surface area (Å²) in [4.78, 5) is 17.5. The molecule has 0 aromatic carbocycles. The van der Waals surface area contributed by atoms with E-state index in [-0.39, 0.29) is 17.0 Å². The molecule has 1 saturated heterocycles. The van der Waals surface area contributed by atoms with Crippen LogP contribution in [0.2, 0.25) is 0 Å². The molecule has 3 nitrogen and oxygen atoms in total. The molecule has 17 heavy (non-hydrogen) atoms. The highest BCUT2D eigenvalue weighted by molar-refractivity contribution is 6.21. The Morgan fingerprint density at radius 3 is 2.94 bits per heavy atom. The first kappa shape index (κ1) is 12.3. The molecular formula is C12H14ClFN2O. The Bertz CT molecular complexity index is 409. The Morgan fingerprint density at radius 1 is 1.59 bits per heavy atom. The van der Waals surface area contributed by atoms with Crippen molar-refractivity contribution >= 4 is 17.5 Å². The van der Waals surface area contributed by atoms with Gasteiger partial charge in [0, 0.05) is 13.1 Å². The second kappa shape index (κ2) is 5.00. The van der Waals surface area contributed by atoms with Gasteiger partial charge in [-0.25, -0.2) is 9.37 Å². The van der Waals surface area contributed by atoms with Crippen LogP contribution in [0.3, 0.4) is 0 Å². The Kier molecular flexibility index (Phi) is 3.62. The van der Waals surface area contributed by atoms with Gasteiger partial charge in [0.1, 0.15) is 11.5 Å². The lowest BCUT2D eigenvalue weighted by Crippen LogP contribution is -2.44.